The van der Waals surface area contributed by atoms with Gasteiger partial charge in [-0.25, -0.2) is 0 Å². The molecule has 4 nitrogen and oxygen atoms in total. The molecule has 4 aromatic rings. The normalized spacial score (nSPS) is 11.6. The Balaban J connectivity index is 1.76. The summed E-state index contributed by atoms with van der Waals surface area (Å²) in [4.78, 5) is 11.6. The van der Waals surface area contributed by atoms with Crippen molar-refractivity contribution in [3.63, 3.8) is 0 Å². The summed E-state index contributed by atoms with van der Waals surface area (Å²) < 4.78 is 41.3. The zero-order valence-corrected chi connectivity index (χ0v) is 18.1. The number of para-hydroxylation sites is 1. The summed E-state index contributed by atoms with van der Waals surface area (Å²) in [6.45, 7) is 0.537. The molecule has 170 valence electrons. The molecule has 0 radical (unpaired) electrons. The van der Waals surface area contributed by atoms with E-state index in [1.807, 2.05) is 41.0 Å². The molecule has 0 atom stereocenters. The van der Waals surface area contributed by atoms with Crippen molar-refractivity contribution >= 4 is 34.3 Å². The van der Waals surface area contributed by atoms with Crippen molar-refractivity contribution in [3.05, 3.63) is 100 Å². The lowest BCUT2D eigenvalue weighted by atomic mass is 10.1. The Labute approximate surface area is 193 Å². The first-order chi connectivity index (χ1) is 15.7. The highest BCUT2D eigenvalue weighted by Gasteiger charge is 2.30. The van der Waals surface area contributed by atoms with E-state index in [9.17, 15) is 23.1 Å². The van der Waals surface area contributed by atoms with Crippen LogP contribution in [0, 0.1) is 0 Å². The van der Waals surface area contributed by atoms with Gasteiger partial charge in [0.25, 0.3) is 0 Å². The number of hydrogen-bond acceptors (Lipinski definition) is 2. The number of aromatic nitrogens is 1. The average molecular weight is 473 g/mol. The van der Waals surface area contributed by atoms with E-state index in [0.717, 1.165) is 28.6 Å². The molecule has 0 aliphatic heterocycles. The van der Waals surface area contributed by atoms with Gasteiger partial charge in [0, 0.05) is 29.1 Å². The predicted molar refractivity (Wildman–Crippen MR) is 123 cm³/mol. The minimum atomic E-state index is -4.44. The lowest BCUT2D eigenvalue weighted by Gasteiger charge is -2.15. The first-order valence-electron chi connectivity index (χ1n) is 10.2. The van der Waals surface area contributed by atoms with Gasteiger partial charge in [-0.05, 0) is 41.5 Å². The summed E-state index contributed by atoms with van der Waals surface area (Å²) in [5.74, 6) is -0.433. The van der Waals surface area contributed by atoms with Crippen LogP contribution in [0.25, 0.3) is 10.9 Å². The Kier molecular flexibility index (Phi) is 6.33. The molecule has 0 saturated heterocycles. The van der Waals surface area contributed by atoms with E-state index >= 15 is 0 Å². The number of nitrogens with one attached hydrogen (secondary N) is 1. The number of halogens is 4. The van der Waals surface area contributed by atoms with Crippen LogP contribution >= 0.6 is 11.6 Å². The van der Waals surface area contributed by atoms with Crippen LogP contribution in [0.1, 0.15) is 22.3 Å². The van der Waals surface area contributed by atoms with Gasteiger partial charge in [-0.3, -0.25) is 4.79 Å². The second-order valence-corrected chi connectivity index (χ2v) is 8.12. The van der Waals surface area contributed by atoms with Crippen molar-refractivity contribution in [1.82, 2.24) is 4.57 Å². The standard InChI is InChI=1S/C25H20ClF3N2O2/c26-19-10-8-16(9-11-19)15-31-22-7-2-1-6-20(22)21(13-23(32)33)24(31)30-14-17-4-3-5-18(12-17)25(27,28)29/h1-12,30H,13-15H2,(H,32,33). The number of alkyl halides is 3. The van der Waals surface area contributed by atoms with E-state index in [-0.39, 0.29) is 13.0 Å². The van der Waals surface area contributed by atoms with Crippen molar-refractivity contribution in [2.75, 3.05) is 5.32 Å². The molecule has 0 amide bonds. The Bertz CT molecular complexity index is 1300. The Morgan fingerprint density at radius 1 is 0.970 bits per heavy atom. The number of carboxylic acids is 1. The summed E-state index contributed by atoms with van der Waals surface area (Å²) >= 11 is 6.00. The average Bonchev–Trinajstić information content (AvgIpc) is 3.05. The molecule has 1 heterocycles. The van der Waals surface area contributed by atoms with Crippen molar-refractivity contribution in [2.24, 2.45) is 0 Å². The van der Waals surface area contributed by atoms with Gasteiger partial charge in [0.2, 0.25) is 0 Å². The minimum Gasteiger partial charge on any atom is -0.481 e. The van der Waals surface area contributed by atoms with Crippen LogP contribution in [0.4, 0.5) is 19.0 Å². The molecule has 0 bridgehead atoms. The topological polar surface area (TPSA) is 54.3 Å². The number of fused-ring (bicyclic) bond motifs is 1. The van der Waals surface area contributed by atoms with Crippen LogP contribution in [0.5, 0.6) is 0 Å². The molecular weight excluding hydrogens is 453 g/mol. The van der Waals surface area contributed by atoms with Gasteiger partial charge in [-0.15, -0.1) is 0 Å². The van der Waals surface area contributed by atoms with Gasteiger partial charge in [-0.2, -0.15) is 13.2 Å². The zero-order valence-electron chi connectivity index (χ0n) is 17.4. The number of hydrogen-bond donors (Lipinski definition) is 2. The molecule has 0 unspecified atom stereocenters. The van der Waals surface area contributed by atoms with Gasteiger partial charge in [0.15, 0.2) is 0 Å². The van der Waals surface area contributed by atoms with E-state index in [1.165, 1.54) is 6.07 Å². The van der Waals surface area contributed by atoms with Gasteiger partial charge >= 0.3 is 12.1 Å². The highest BCUT2D eigenvalue weighted by atomic mass is 35.5. The molecule has 2 N–H and O–H groups in total. The van der Waals surface area contributed by atoms with Crippen LogP contribution in [0.2, 0.25) is 5.02 Å². The lowest BCUT2D eigenvalue weighted by molar-refractivity contribution is -0.138. The van der Waals surface area contributed by atoms with Crippen molar-refractivity contribution in [2.45, 2.75) is 25.7 Å². The SMILES string of the molecule is O=C(O)Cc1c(NCc2cccc(C(F)(F)F)c2)n(Cc2ccc(Cl)cc2)c2ccccc12. The maximum Gasteiger partial charge on any atom is 0.416 e. The number of carbonyl (C=O) groups is 1. The third-order valence-corrected chi connectivity index (χ3v) is 5.62. The van der Waals surface area contributed by atoms with E-state index < -0.39 is 17.7 Å². The fraction of sp³-hybridized carbons (Fsp3) is 0.160. The summed E-state index contributed by atoms with van der Waals surface area (Å²) in [6, 6.07) is 19.8. The van der Waals surface area contributed by atoms with Crippen LogP contribution in [0.3, 0.4) is 0 Å². The largest absolute Gasteiger partial charge is 0.481 e. The van der Waals surface area contributed by atoms with Gasteiger partial charge in [0.05, 0.1) is 17.5 Å². The number of aliphatic carboxylic acids is 1. The molecule has 0 aliphatic rings. The molecule has 1 aromatic heterocycles. The van der Waals surface area contributed by atoms with Gasteiger partial charge < -0.3 is 15.0 Å². The van der Waals surface area contributed by atoms with Crippen molar-refractivity contribution in [1.29, 1.82) is 0 Å². The second-order valence-electron chi connectivity index (χ2n) is 7.68. The first kappa shape index (κ1) is 22.7. The summed E-state index contributed by atoms with van der Waals surface area (Å²) in [7, 11) is 0. The molecule has 0 aliphatic carbocycles. The smallest absolute Gasteiger partial charge is 0.416 e. The van der Waals surface area contributed by atoms with E-state index in [0.29, 0.717) is 28.5 Å². The summed E-state index contributed by atoms with van der Waals surface area (Å²) in [5, 5.41) is 14.1. The molecule has 0 spiro atoms. The number of nitrogens with zero attached hydrogens (tertiary/aromatic N) is 1. The second kappa shape index (κ2) is 9.19. The Hall–Kier alpha value is -3.45. The number of carboxylic acid groups (broad SMARTS) is 1. The number of rotatable bonds is 7. The van der Waals surface area contributed by atoms with Crippen molar-refractivity contribution < 1.29 is 23.1 Å². The summed E-state index contributed by atoms with van der Waals surface area (Å²) in [6.07, 6.45) is -4.66. The Morgan fingerprint density at radius 3 is 2.39 bits per heavy atom. The highest BCUT2D eigenvalue weighted by Crippen LogP contribution is 2.33. The third-order valence-electron chi connectivity index (χ3n) is 5.37. The molecule has 8 heteroatoms. The van der Waals surface area contributed by atoms with E-state index in [4.69, 9.17) is 11.6 Å². The van der Waals surface area contributed by atoms with Gasteiger partial charge in [0.1, 0.15) is 5.82 Å². The lowest BCUT2D eigenvalue weighted by Crippen LogP contribution is -2.12. The highest BCUT2D eigenvalue weighted by molar-refractivity contribution is 6.30. The summed E-state index contributed by atoms with van der Waals surface area (Å²) in [5.41, 5.74) is 2.07. The third kappa shape index (κ3) is 5.14. The number of anilines is 1. The van der Waals surface area contributed by atoms with Crippen LogP contribution in [-0.2, 0) is 30.5 Å². The molecule has 33 heavy (non-hydrogen) atoms. The maximum atomic E-state index is 13.1. The Morgan fingerprint density at radius 2 is 1.70 bits per heavy atom. The molecule has 0 fully saturated rings. The fourth-order valence-electron chi connectivity index (χ4n) is 3.89. The minimum absolute atomic E-state index is 0.105. The van der Waals surface area contributed by atoms with Crippen LogP contribution < -0.4 is 5.32 Å². The van der Waals surface area contributed by atoms with Crippen molar-refractivity contribution in [3.8, 4) is 0 Å². The predicted octanol–water partition coefficient (Wildman–Crippen LogP) is 6.60. The monoisotopic (exact) mass is 472 g/mol. The van der Waals surface area contributed by atoms with E-state index in [2.05, 4.69) is 5.32 Å². The number of benzene rings is 3. The zero-order chi connectivity index (χ0) is 23.6. The molecule has 3 aromatic carbocycles. The quantitative estimate of drug-likeness (QED) is 0.318. The molecule has 4 rings (SSSR count). The van der Waals surface area contributed by atoms with Crippen LogP contribution in [-0.4, -0.2) is 15.6 Å². The first-order valence-corrected chi connectivity index (χ1v) is 10.6. The van der Waals surface area contributed by atoms with Crippen LogP contribution in [0.15, 0.2) is 72.8 Å². The maximum absolute atomic E-state index is 13.1. The molecular formula is C25H20ClF3N2O2. The molecule has 0 saturated carbocycles. The fourth-order valence-corrected chi connectivity index (χ4v) is 4.01. The van der Waals surface area contributed by atoms with Gasteiger partial charge in [-0.1, -0.05) is 54.1 Å². The van der Waals surface area contributed by atoms with E-state index in [1.54, 1.807) is 18.2 Å².